The van der Waals surface area contributed by atoms with Crippen molar-refractivity contribution in [1.82, 2.24) is 20.5 Å². The SMILES string of the molecule is O=C(Nc1cc(-c2cc(Nc3nc4c(s3)CNCC4)c(=O)[nH]n2)ccc1F)c1cc2ccccc2s1. The number of nitrogens with zero attached hydrogens (tertiary/aromatic N) is 2. The van der Waals surface area contributed by atoms with Gasteiger partial charge in [-0.3, -0.25) is 9.59 Å². The van der Waals surface area contributed by atoms with Crippen LogP contribution in [-0.2, 0) is 13.0 Å². The van der Waals surface area contributed by atoms with Gasteiger partial charge in [0.05, 0.1) is 22.0 Å². The first-order valence-electron chi connectivity index (χ1n) is 11.2. The van der Waals surface area contributed by atoms with Gasteiger partial charge in [0.2, 0.25) is 0 Å². The highest BCUT2D eigenvalue weighted by molar-refractivity contribution is 7.20. The Morgan fingerprint density at radius 3 is 2.81 bits per heavy atom. The third kappa shape index (κ3) is 4.39. The molecule has 0 aliphatic carbocycles. The van der Waals surface area contributed by atoms with Gasteiger partial charge in [-0.2, -0.15) is 5.10 Å². The maximum Gasteiger partial charge on any atom is 0.287 e. The molecule has 0 bridgehead atoms. The summed E-state index contributed by atoms with van der Waals surface area (Å²) in [7, 11) is 0. The Balaban J connectivity index is 1.26. The number of thiazole rings is 1. The topological polar surface area (TPSA) is 112 Å². The number of carbonyl (C=O) groups is 1. The van der Waals surface area contributed by atoms with Crippen LogP contribution in [0.4, 0.5) is 20.9 Å². The van der Waals surface area contributed by atoms with Crippen LogP contribution in [-0.4, -0.2) is 27.6 Å². The summed E-state index contributed by atoms with van der Waals surface area (Å²) >= 11 is 2.84. The molecule has 6 rings (SSSR count). The van der Waals surface area contributed by atoms with E-state index in [0.29, 0.717) is 21.3 Å². The molecular weight excluding hydrogens is 499 g/mol. The van der Waals surface area contributed by atoms with E-state index in [-0.39, 0.29) is 11.4 Å². The summed E-state index contributed by atoms with van der Waals surface area (Å²) in [6.07, 6.45) is 0.844. The van der Waals surface area contributed by atoms with Crippen LogP contribution in [0.1, 0.15) is 20.2 Å². The number of rotatable bonds is 5. The Morgan fingerprint density at radius 2 is 1.94 bits per heavy atom. The maximum atomic E-state index is 14.6. The molecule has 0 atom stereocenters. The van der Waals surface area contributed by atoms with Crippen molar-refractivity contribution in [2.75, 3.05) is 17.2 Å². The minimum Gasteiger partial charge on any atom is -0.327 e. The standard InChI is InChI=1S/C25H19FN6O2S2/c26-15-6-5-13(9-18(15)28-24(34)21-10-14-3-1-2-4-20(14)35-21)17-11-19(23(33)32-31-17)30-25-29-16-7-8-27-12-22(16)36-25/h1-6,9-11,27H,7-8,12H2,(H,28,34)(H,32,33)(H,29,30,31). The molecule has 1 amide bonds. The number of benzene rings is 2. The largest absolute Gasteiger partial charge is 0.327 e. The number of nitrogens with one attached hydrogen (secondary N) is 4. The van der Waals surface area contributed by atoms with Gasteiger partial charge in [-0.25, -0.2) is 14.5 Å². The third-order valence-corrected chi connectivity index (χ3v) is 7.94. The van der Waals surface area contributed by atoms with E-state index in [1.807, 2.05) is 24.3 Å². The zero-order valence-corrected chi connectivity index (χ0v) is 20.4. The van der Waals surface area contributed by atoms with E-state index < -0.39 is 17.3 Å². The average Bonchev–Trinajstić information content (AvgIpc) is 3.50. The van der Waals surface area contributed by atoms with Crippen molar-refractivity contribution in [2.45, 2.75) is 13.0 Å². The zero-order chi connectivity index (χ0) is 24.6. The molecule has 4 heterocycles. The van der Waals surface area contributed by atoms with Gasteiger partial charge < -0.3 is 16.0 Å². The van der Waals surface area contributed by atoms with Crippen LogP contribution in [0.5, 0.6) is 0 Å². The fourth-order valence-corrected chi connectivity index (χ4v) is 5.95. The number of carbonyl (C=O) groups excluding carboxylic acids is 1. The van der Waals surface area contributed by atoms with E-state index in [4.69, 9.17) is 0 Å². The summed E-state index contributed by atoms with van der Waals surface area (Å²) in [5.74, 6) is -0.968. The molecule has 0 radical (unpaired) electrons. The fourth-order valence-electron chi connectivity index (χ4n) is 4.00. The smallest absolute Gasteiger partial charge is 0.287 e. The average molecular weight is 519 g/mol. The van der Waals surface area contributed by atoms with Gasteiger partial charge in [-0.05, 0) is 41.8 Å². The third-order valence-electron chi connectivity index (χ3n) is 5.81. The molecule has 0 saturated heterocycles. The zero-order valence-electron chi connectivity index (χ0n) is 18.7. The Labute approximate surface area is 212 Å². The van der Waals surface area contributed by atoms with Crippen LogP contribution in [0.3, 0.4) is 0 Å². The van der Waals surface area contributed by atoms with E-state index in [0.717, 1.165) is 40.2 Å². The molecule has 3 aromatic heterocycles. The van der Waals surface area contributed by atoms with Crippen LogP contribution in [0.2, 0.25) is 0 Å². The molecule has 36 heavy (non-hydrogen) atoms. The Bertz CT molecular complexity index is 1620. The Morgan fingerprint density at radius 1 is 1.06 bits per heavy atom. The first-order valence-corrected chi connectivity index (χ1v) is 12.8. The fraction of sp³-hybridized carbons (Fsp3) is 0.120. The van der Waals surface area contributed by atoms with Crippen molar-refractivity contribution in [3.63, 3.8) is 0 Å². The number of thiophene rings is 1. The molecule has 1 aliphatic heterocycles. The van der Waals surface area contributed by atoms with Gasteiger partial charge >= 0.3 is 0 Å². The quantitative estimate of drug-likeness (QED) is 0.264. The first-order chi connectivity index (χ1) is 17.5. The second-order valence-electron chi connectivity index (χ2n) is 8.23. The molecule has 0 saturated carbocycles. The van der Waals surface area contributed by atoms with Gasteiger partial charge in [0.25, 0.3) is 11.5 Å². The van der Waals surface area contributed by atoms with Crippen LogP contribution >= 0.6 is 22.7 Å². The maximum absolute atomic E-state index is 14.6. The number of aromatic nitrogens is 3. The second kappa shape index (κ2) is 9.26. The summed E-state index contributed by atoms with van der Waals surface area (Å²) in [6, 6.07) is 15.3. The number of hydrogen-bond acceptors (Lipinski definition) is 8. The van der Waals surface area contributed by atoms with E-state index in [9.17, 15) is 14.0 Å². The lowest BCUT2D eigenvalue weighted by molar-refractivity contribution is 0.103. The lowest BCUT2D eigenvalue weighted by Crippen LogP contribution is -2.22. The number of aromatic amines is 1. The number of H-pyrrole nitrogens is 1. The lowest BCUT2D eigenvalue weighted by Gasteiger charge is -2.09. The predicted octanol–water partition coefficient (Wildman–Crippen LogP) is 4.89. The molecule has 0 spiro atoms. The summed E-state index contributed by atoms with van der Waals surface area (Å²) < 4.78 is 15.6. The molecule has 0 unspecified atom stereocenters. The van der Waals surface area contributed by atoms with Gasteiger partial charge in [0.15, 0.2) is 5.13 Å². The van der Waals surface area contributed by atoms with Crippen molar-refractivity contribution in [1.29, 1.82) is 0 Å². The van der Waals surface area contributed by atoms with Crippen LogP contribution in [0.15, 0.2) is 59.4 Å². The van der Waals surface area contributed by atoms with E-state index in [1.54, 1.807) is 18.2 Å². The number of halogens is 1. The van der Waals surface area contributed by atoms with Crippen molar-refractivity contribution in [2.24, 2.45) is 0 Å². The lowest BCUT2D eigenvalue weighted by atomic mass is 10.1. The molecule has 2 aromatic carbocycles. The van der Waals surface area contributed by atoms with Crippen LogP contribution < -0.4 is 21.5 Å². The van der Waals surface area contributed by atoms with Gasteiger partial charge in [-0.1, -0.05) is 18.2 Å². The minimum atomic E-state index is -0.571. The van der Waals surface area contributed by atoms with Gasteiger partial charge in [0.1, 0.15) is 11.5 Å². The molecule has 180 valence electrons. The number of fused-ring (bicyclic) bond motifs is 2. The predicted molar refractivity (Wildman–Crippen MR) is 141 cm³/mol. The van der Waals surface area contributed by atoms with Crippen molar-refractivity contribution in [3.8, 4) is 11.3 Å². The summed E-state index contributed by atoms with van der Waals surface area (Å²) in [4.78, 5) is 31.5. The number of amides is 1. The van der Waals surface area contributed by atoms with Gasteiger partial charge in [-0.15, -0.1) is 22.7 Å². The van der Waals surface area contributed by atoms with Crippen molar-refractivity contribution < 1.29 is 9.18 Å². The highest BCUT2D eigenvalue weighted by Gasteiger charge is 2.17. The minimum absolute atomic E-state index is 0.0255. The van der Waals surface area contributed by atoms with Gasteiger partial charge in [0, 0.05) is 34.7 Å². The molecule has 5 aromatic rings. The van der Waals surface area contributed by atoms with E-state index >= 15 is 0 Å². The normalized spacial score (nSPS) is 12.9. The summed E-state index contributed by atoms with van der Waals surface area (Å²) in [5.41, 5.74) is 1.88. The van der Waals surface area contributed by atoms with Crippen LogP contribution in [0.25, 0.3) is 21.3 Å². The number of anilines is 3. The van der Waals surface area contributed by atoms with Crippen molar-refractivity contribution >= 4 is 55.2 Å². The number of hydrogen-bond donors (Lipinski definition) is 4. The van der Waals surface area contributed by atoms with E-state index in [1.165, 1.54) is 34.8 Å². The highest BCUT2D eigenvalue weighted by atomic mass is 32.1. The molecule has 8 nitrogen and oxygen atoms in total. The Hall–Kier alpha value is -3.93. The molecule has 1 aliphatic rings. The summed E-state index contributed by atoms with van der Waals surface area (Å²) in [5, 5.41) is 17.2. The highest BCUT2D eigenvalue weighted by Crippen LogP contribution is 2.30. The monoisotopic (exact) mass is 518 g/mol. The first kappa shape index (κ1) is 22.5. The second-order valence-corrected chi connectivity index (χ2v) is 10.4. The van der Waals surface area contributed by atoms with Crippen LogP contribution in [0, 0.1) is 5.82 Å². The van der Waals surface area contributed by atoms with E-state index in [2.05, 4.69) is 31.1 Å². The van der Waals surface area contributed by atoms with Crippen molar-refractivity contribution in [3.05, 3.63) is 86.2 Å². The Kier molecular flexibility index (Phi) is 5.80. The molecule has 0 fully saturated rings. The molecular formula is C25H19FN6O2S2. The molecule has 11 heteroatoms. The molecule has 4 N–H and O–H groups in total. The summed E-state index contributed by atoms with van der Waals surface area (Å²) in [6.45, 7) is 1.64.